The van der Waals surface area contributed by atoms with Crippen molar-refractivity contribution in [3.8, 4) is 5.75 Å². The number of halogens is 1. The monoisotopic (exact) mass is 400 g/mol. The van der Waals surface area contributed by atoms with Gasteiger partial charge in [0.1, 0.15) is 11.6 Å². The third kappa shape index (κ3) is 5.37. The van der Waals surface area contributed by atoms with Crippen molar-refractivity contribution in [1.82, 2.24) is 4.98 Å². The highest BCUT2D eigenvalue weighted by molar-refractivity contribution is 7.15. The smallest absolute Gasteiger partial charge is 0.343 e. The Labute approximate surface area is 164 Å². The van der Waals surface area contributed by atoms with Gasteiger partial charge in [0.25, 0.3) is 5.91 Å². The zero-order chi connectivity index (χ0) is 19.9. The van der Waals surface area contributed by atoms with E-state index in [4.69, 9.17) is 4.74 Å². The predicted molar refractivity (Wildman–Crippen MR) is 103 cm³/mol. The molecule has 1 aromatic heterocycles. The highest BCUT2D eigenvalue weighted by Crippen LogP contribution is 2.22. The fourth-order valence-corrected chi connectivity index (χ4v) is 3.23. The number of esters is 1. The Morgan fingerprint density at radius 1 is 1.18 bits per heavy atom. The lowest BCUT2D eigenvalue weighted by Gasteiger charge is -2.07. The van der Waals surface area contributed by atoms with Gasteiger partial charge in [0, 0.05) is 23.1 Å². The molecule has 144 valence electrons. The SMILES string of the molecule is COC(=O)COc1cccc(C(=O)Nc2ncc(Cc3cccc(F)c3)s2)c1. The normalized spacial score (nSPS) is 10.4. The number of ether oxygens (including phenoxy) is 2. The molecule has 1 amide bonds. The number of hydrogen-bond acceptors (Lipinski definition) is 6. The summed E-state index contributed by atoms with van der Waals surface area (Å²) in [4.78, 5) is 28.7. The van der Waals surface area contributed by atoms with Gasteiger partial charge in [-0.1, -0.05) is 18.2 Å². The standard InChI is InChI=1S/C20H17FN2O4S/c1-26-18(24)12-27-16-7-3-5-14(10-16)19(25)23-20-22-11-17(28-20)9-13-4-2-6-15(21)8-13/h2-8,10-11H,9,12H2,1H3,(H,22,23,25). The zero-order valence-electron chi connectivity index (χ0n) is 15.0. The van der Waals surface area contributed by atoms with Gasteiger partial charge in [0.05, 0.1) is 7.11 Å². The second kappa shape index (κ2) is 9.09. The number of carbonyl (C=O) groups is 2. The lowest BCUT2D eigenvalue weighted by Crippen LogP contribution is -2.14. The minimum absolute atomic E-state index is 0.239. The number of hydrogen-bond donors (Lipinski definition) is 1. The van der Waals surface area contributed by atoms with Gasteiger partial charge < -0.3 is 9.47 Å². The third-order valence-electron chi connectivity index (χ3n) is 3.72. The Kier molecular flexibility index (Phi) is 6.33. The molecular weight excluding hydrogens is 383 g/mol. The molecule has 2 aromatic carbocycles. The van der Waals surface area contributed by atoms with Crippen molar-refractivity contribution in [2.24, 2.45) is 0 Å². The van der Waals surface area contributed by atoms with Crippen molar-refractivity contribution in [3.05, 3.63) is 76.5 Å². The van der Waals surface area contributed by atoms with Crippen LogP contribution in [0.5, 0.6) is 5.75 Å². The van der Waals surface area contributed by atoms with Gasteiger partial charge in [-0.25, -0.2) is 14.2 Å². The molecule has 0 atom stereocenters. The van der Waals surface area contributed by atoms with Crippen LogP contribution >= 0.6 is 11.3 Å². The first-order valence-electron chi connectivity index (χ1n) is 8.33. The van der Waals surface area contributed by atoms with Crippen molar-refractivity contribution in [3.63, 3.8) is 0 Å². The molecule has 0 aliphatic heterocycles. The van der Waals surface area contributed by atoms with E-state index in [0.717, 1.165) is 10.4 Å². The van der Waals surface area contributed by atoms with E-state index in [1.807, 2.05) is 6.07 Å². The molecule has 0 aliphatic carbocycles. The molecule has 3 aromatic rings. The molecule has 0 saturated carbocycles. The molecule has 0 aliphatic rings. The van der Waals surface area contributed by atoms with E-state index in [-0.39, 0.29) is 18.3 Å². The quantitative estimate of drug-likeness (QED) is 0.612. The van der Waals surface area contributed by atoms with Gasteiger partial charge in [-0.2, -0.15) is 0 Å². The number of amides is 1. The largest absolute Gasteiger partial charge is 0.482 e. The average molecular weight is 400 g/mol. The second-order valence-corrected chi connectivity index (χ2v) is 6.90. The topological polar surface area (TPSA) is 77.5 Å². The molecule has 1 N–H and O–H groups in total. The maximum absolute atomic E-state index is 13.3. The van der Waals surface area contributed by atoms with Crippen LogP contribution in [0, 0.1) is 5.82 Å². The summed E-state index contributed by atoms with van der Waals surface area (Å²) in [6, 6.07) is 12.8. The van der Waals surface area contributed by atoms with Crippen molar-refractivity contribution < 1.29 is 23.5 Å². The summed E-state index contributed by atoms with van der Waals surface area (Å²) < 4.78 is 23.1. The molecule has 1 heterocycles. The first-order valence-corrected chi connectivity index (χ1v) is 9.15. The van der Waals surface area contributed by atoms with E-state index in [0.29, 0.717) is 22.9 Å². The number of anilines is 1. The summed E-state index contributed by atoms with van der Waals surface area (Å²) >= 11 is 1.32. The van der Waals surface area contributed by atoms with Gasteiger partial charge in [-0.15, -0.1) is 11.3 Å². The van der Waals surface area contributed by atoms with Crippen LogP contribution in [0.25, 0.3) is 0 Å². The predicted octanol–water partition coefficient (Wildman–Crippen LogP) is 3.68. The highest BCUT2D eigenvalue weighted by Gasteiger charge is 2.11. The summed E-state index contributed by atoms with van der Waals surface area (Å²) in [5.41, 5.74) is 1.20. The van der Waals surface area contributed by atoms with Gasteiger partial charge in [-0.3, -0.25) is 10.1 Å². The Balaban J connectivity index is 1.62. The average Bonchev–Trinajstić information content (AvgIpc) is 3.13. The van der Waals surface area contributed by atoms with E-state index in [1.165, 1.54) is 36.6 Å². The van der Waals surface area contributed by atoms with Crippen LogP contribution < -0.4 is 10.1 Å². The number of rotatable bonds is 7. The van der Waals surface area contributed by atoms with Crippen molar-refractivity contribution >= 4 is 28.3 Å². The summed E-state index contributed by atoms with van der Waals surface area (Å²) in [5, 5.41) is 3.17. The number of benzene rings is 2. The zero-order valence-corrected chi connectivity index (χ0v) is 15.8. The van der Waals surface area contributed by atoms with E-state index in [1.54, 1.807) is 30.5 Å². The molecule has 8 heteroatoms. The van der Waals surface area contributed by atoms with Crippen molar-refractivity contribution in [2.45, 2.75) is 6.42 Å². The molecule has 0 spiro atoms. The molecule has 0 radical (unpaired) electrons. The van der Waals surface area contributed by atoms with E-state index in [9.17, 15) is 14.0 Å². The maximum Gasteiger partial charge on any atom is 0.343 e. The van der Waals surface area contributed by atoms with Crippen molar-refractivity contribution in [1.29, 1.82) is 0 Å². The Morgan fingerprint density at radius 3 is 2.79 bits per heavy atom. The second-order valence-electron chi connectivity index (χ2n) is 5.79. The van der Waals surface area contributed by atoms with Crippen LogP contribution in [0.1, 0.15) is 20.8 Å². The number of methoxy groups -OCH3 is 1. The summed E-state index contributed by atoms with van der Waals surface area (Å²) in [6.07, 6.45) is 2.18. The fourth-order valence-electron chi connectivity index (χ4n) is 2.39. The molecular formula is C20H17FN2O4S. The first-order chi connectivity index (χ1) is 13.5. The Hall–Kier alpha value is -3.26. The molecule has 0 bridgehead atoms. The number of nitrogens with zero attached hydrogens (tertiary/aromatic N) is 1. The van der Waals surface area contributed by atoms with Crippen LogP contribution in [-0.2, 0) is 16.0 Å². The third-order valence-corrected chi connectivity index (χ3v) is 4.63. The van der Waals surface area contributed by atoms with Gasteiger partial charge in [0.15, 0.2) is 11.7 Å². The number of nitrogens with one attached hydrogen (secondary N) is 1. The maximum atomic E-state index is 13.3. The number of carbonyl (C=O) groups excluding carboxylic acids is 2. The minimum atomic E-state index is -0.511. The summed E-state index contributed by atoms with van der Waals surface area (Å²) in [6.45, 7) is -0.239. The van der Waals surface area contributed by atoms with Crippen LogP contribution in [0.3, 0.4) is 0 Å². The number of thiazole rings is 1. The fraction of sp³-hybridized carbons (Fsp3) is 0.150. The molecule has 3 rings (SSSR count). The van der Waals surface area contributed by atoms with E-state index < -0.39 is 5.97 Å². The van der Waals surface area contributed by atoms with Gasteiger partial charge in [0.2, 0.25) is 0 Å². The van der Waals surface area contributed by atoms with Crippen LogP contribution in [0.15, 0.2) is 54.7 Å². The summed E-state index contributed by atoms with van der Waals surface area (Å²) in [7, 11) is 1.27. The molecule has 0 unspecified atom stereocenters. The molecule has 6 nitrogen and oxygen atoms in total. The molecule has 0 fully saturated rings. The Morgan fingerprint density at radius 2 is 2.00 bits per heavy atom. The van der Waals surface area contributed by atoms with Crippen LogP contribution in [0.2, 0.25) is 0 Å². The minimum Gasteiger partial charge on any atom is -0.482 e. The van der Waals surface area contributed by atoms with Crippen LogP contribution in [0.4, 0.5) is 9.52 Å². The van der Waals surface area contributed by atoms with Gasteiger partial charge >= 0.3 is 5.97 Å². The molecule has 28 heavy (non-hydrogen) atoms. The lowest BCUT2D eigenvalue weighted by atomic mass is 10.1. The summed E-state index contributed by atoms with van der Waals surface area (Å²) in [5.74, 6) is -0.771. The van der Waals surface area contributed by atoms with Gasteiger partial charge in [-0.05, 0) is 35.9 Å². The van der Waals surface area contributed by atoms with E-state index in [2.05, 4.69) is 15.0 Å². The Bertz CT molecular complexity index is 990. The van der Waals surface area contributed by atoms with Crippen LogP contribution in [-0.4, -0.2) is 30.6 Å². The highest BCUT2D eigenvalue weighted by atomic mass is 32.1. The number of aromatic nitrogens is 1. The molecule has 0 saturated heterocycles. The lowest BCUT2D eigenvalue weighted by molar-refractivity contribution is -0.142. The van der Waals surface area contributed by atoms with E-state index >= 15 is 0 Å². The van der Waals surface area contributed by atoms with Crippen molar-refractivity contribution in [2.75, 3.05) is 19.0 Å². The first kappa shape index (κ1) is 19.5.